The Labute approximate surface area is 166 Å². The molecule has 0 fully saturated rings. The number of anilines is 1. The number of rotatable bonds is 7. The maximum absolute atomic E-state index is 12.1. The predicted molar refractivity (Wildman–Crippen MR) is 104 cm³/mol. The first-order valence-electron chi connectivity index (χ1n) is 8.03. The third-order valence-electron chi connectivity index (χ3n) is 3.76. The van der Waals surface area contributed by atoms with Gasteiger partial charge in [-0.2, -0.15) is 0 Å². The molecular formula is C19H18Cl2N2O4. The second-order valence-corrected chi connectivity index (χ2v) is 6.69. The molecule has 0 radical (unpaired) electrons. The van der Waals surface area contributed by atoms with Gasteiger partial charge in [-0.3, -0.25) is 9.59 Å². The van der Waals surface area contributed by atoms with Crippen molar-refractivity contribution in [3.8, 4) is 0 Å². The number of nitrogen functional groups attached to an aromatic ring is 1. The van der Waals surface area contributed by atoms with E-state index in [4.69, 9.17) is 33.7 Å². The van der Waals surface area contributed by atoms with Gasteiger partial charge < -0.3 is 15.8 Å². The Kier molecular flexibility index (Phi) is 7.21. The molecule has 6 nitrogen and oxygen atoms in total. The Balaban J connectivity index is 1.96. The molecule has 0 bridgehead atoms. The van der Waals surface area contributed by atoms with Crippen LogP contribution in [0.5, 0.6) is 0 Å². The minimum absolute atomic E-state index is 0.0113. The predicted octanol–water partition coefficient (Wildman–Crippen LogP) is 3.05. The minimum atomic E-state index is -0.838. The summed E-state index contributed by atoms with van der Waals surface area (Å²) in [6.07, 6.45) is 0.340. The molecule has 142 valence electrons. The number of carbonyl (C=O) groups excluding carboxylic acids is 3. The van der Waals surface area contributed by atoms with E-state index in [2.05, 4.69) is 5.32 Å². The van der Waals surface area contributed by atoms with Gasteiger partial charge in [0.05, 0.1) is 22.3 Å². The molecule has 3 N–H and O–H groups in total. The molecule has 27 heavy (non-hydrogen) atoms. The van der Waals surface area contributed by atoms with Crippen molar-refractivity contribution in [3.63, 3.8) is 0 Å². The summed E-state index contributed by atoms with van der Waals surface area (Å²) in [4.78, 5) is 36.0. The van der Waals surface area contributed by atoms with Crippen molar-refractivity contribution in [2.24, 2.45) is 0 Å². The molecule has 1 amide bonds. The number of Topliss-reactive ketones (excluding diaryl/α,β-unsaturated/α-hetero) is 1. The highest BCUT2D eigenvalue weighted by atomic mass is 35.5. The summed E-state index contributed by atoms with van der Waals surface area (Å²) in [5.74, 6) is -1.65. The quantitative estimate of drug-likeness (QED) is 0.541. The smallest absolute Gasteiger partial charge is 0.340 e. The summed E-state index contributed by atoms with van der Waals surface area (Å²) in [6.45, 7) is 0.815. The maximum atomic E-state index is 12.1. The molecule has 0 heterocycles. The summed E-state index contributed by atoms with van der Waals surface area (Å²) >= 11 is 11.7. The van der Waals surface area contributed by atoms with E-state index in [-0.39, 0.29) is 27.1 Å². The van der Waals surface area contributed by atoms with Crippen LogP contribution in [0.3, 0.4) is 0 Å². The van der Waals surface area contributed by atoms with Gasteiger partial charge >= 0.3 is 5.97 Å². The lowest BCUT2D eigenvalue weighted by atomic mass is 10.0. The number of nitrogens with one attached hydrogen (secondary N) is 1. The third kappa shape index (κ3) is 5.98. The van der Waals surface area contributed by atoms with E-state index in [9.17, 15) is 14.4 Å². The molecule has 1 atom stereocenters. The van der Waals surface area contributed by atoms with Crippen molar-refractivity contribution in [2.75, 3.05) is 12.3 Å². The Morgan fingerprint density at radius 3 is 2.44 bits per heavy atom. The zero-order chi connectivity index (χ0) is 20.0. The number of carbonyl (C=O) groups is 3. The fraction of sp³-hybridized carbons (Fsp3) is 0.211. The number of ketones is 1. The zero-order valence-electron chi connectivity index (χ0n) is 14.5. The molecule has 2 aromatic rings. The third-order valence-corrected chi connectivity index (χ3v) is 4.29. The van der Waals surface area contributed by atoms with Gasteiger partial charge in [0.1, 0.15) is 0 Å². The number of nitrogens with two attached hydrogens (primary N) is 1. The number of ether oxygens (including phenoxy) is 1. The SMILES string of the molecule is CC(=O)[C@H](Cc1ccccc1)NC(=O)COC(=O)c1cc(Cl)cc(Cl)c1N. The van der Waals surface area contributed by atoms with Gasteiger partial charge in [-0.25, -0.2) is 4.79 Å². The van der Waals surface area contributed by atoms with E-state index < -0.39 is 24.5 Å². The van der Waals surface area contributed by atoms with Crippen molar-refractivity contribution in [2.45, 2.75) is 19.4 Å². The summed E-state index contributed by atoms with van der Waals surface area (Å²) in [6, 6.07) is 11.2. The fourth-order valence-corrected chi connectivity index (χ4v) is 2.84. The first-order chi connectivity index (χ1) is 12.8. The summed E-state index contributed by atoms with van der Waals surface area (Å²) in [7, 11) is 0. The first kappa shape index (κ1) is 20.7. The van der Waals surface area contributed by atoms with Crippen molar-refractivity contribution in [3.05, 3.63) is 63.6 Å². The van der Waals surface area contributed by atoms with Crippen molar-refractivity contribution >= 4 is 46.5 Å². The van der Waals surface area contributed by atoms with Crippen molar-refractivity contribution < 1.29 is 19.1 Å². The molecular weight excluding hydrogens is 391 g/mol. The lowest BCUT2D eigenvalue weighted by Crippen LogP contribution is -2.43. The van der Waals surface area contributed by atoms with Gasteiger partial charge in [0.15, 0.2) is 12.4 Å². The molecule has 0 aliphatic carbocycles. The minimum Gasteiger partial charge on any atom is -0.452 e. The van der Waals surface area contributed by atoms with E-state index in [0.29, 0.717) is 6.42 Å². The van der Waals surface area contributed by atoms with Gasteiger partial charge in [-0.15, -0.1) is 0 Å². The maximum Gasteiger partial charge on any atom is 0.340 e. The van der Waals surface area contributed by atoms with Crippen LogP contribution in [0, 0.1) is 0 Å². The molecule has 8 heteroatoms. The van der Waals surface area contributed by atoms with E-state index >= 15 is 0 Å². The number of hydrogen-bond donors (Lipinski definition) is 2. The van der Waals surface area contributed by atoms with Crippen LogP contribution in [0.2, 0.25) is 10.0 Å². The summed E-state index contributed by atoms with van der Waals surface area (Å²) in [5, 5.41) is 2.88. The summed E-state index contributed by atoms with van der Waals surface area (Å²) in [5.41, 5.74) is 6.60. The largest absolute Gasteiger partial charge is 0.452 e. The molecule has 0 unspecified atom stereocenters. The molecule has 2 rings (SSSR count). The average Bonchev–Trinajstić information content (AvgIpc) is 2.63. The van der Waals surface area contributed by atoms with E-state index in [1.807, 2.05) is 30.3 Å². The average molecular weight is 409 g/mol. The molecule has 0 saturated heterocycles. The Hall–Kier alpha value is -2.57. The van der Waals surface area contributed by atoms with Gasteiger partial charge in [0.25, 0.3) is 5.91 Å². The van der Waals surface area contributed by atoms with Gasteiger partial charge in [-0.05, 0) is 31.0 Å². The second kappa shape index (κ2) is 9.39. The highest BCUT2D eigenvalue weighted by Gasteiger charge is 2.20. The lowest BCUT2D eigenvalue weighted by Gasteiger charge is -2.16. The molecule has 0 spiro atoms. The number of amides is 1. The van der Waals surface area contributed by atoms with Crippen LogP contribution in [0.25, 0.3) is 0 Å². The summed E-state index contributed by atoms with van der Waals surface area (Å²) < 4.78 is 4.95. The zero-order valence-corrected chi connectivity index (χ0v) is 16.0. The molecule has 2 aromatic carbocycles. The van der Waals surface area contributed by atoms with Crippen LogP contribution in [-0.2, 0) is 20.7 Å². The number of esters is 1. The first-order valence-corrected chi connectivity index (χ1v) is 8.79. The normalized spacial score (nSPS) is 11.5. The van der Waals surface area contributed by atoms with Crippen LogP contribution in [0.4, 0.5) is 5.69 Å². The molecule has 0 aliphatic heterocycles. The highest BCUT2D eigenvalue weighted by Crippen LogP contribution is 2.28. The Morgan fingerprint density at radius 1 is 1.15 bits per heavy atom. The number of halogens is 2. The monoisotopic (exact) mass is 408 g/mol. The highest BCUT2D eigenvalue weighted by molar-refractivity contribution is 6.37. The van der Waals surface area contributed by atoms with Crippen LogP contribution in [0.1, 0.15) is 22.8 Å². The van der Waals surface area contributed by atoms with E-state index in [0.717, 1.165) is 5.56 Å². The van der Waals surface area contributed by atoms with Crippen molar-refractivity contribution in [1.29, 1.82) is 0 Å². The molecule has 0 saturated carbocycles. The molecule has 0 aliphatic rings. The number of benzene rings is 2. The van der Waals surface area contributed by atoms with Crippen LogP contribution >= 0.6 is 23.2 Å². The van der Waals surface area contributed by atoms with Gasteiger partial charge in [0.2, 0.25) is 0 Å². The Morgan fingerprint density at radius 2 is 1.81 bits per heavy atom. The van der Waals surface area contributed by atoms with Gasteiger partial charge in [-0.1, -0.05) is 53.5 Å². The van der Waals surface area contributed by atoms with E-state index in [1.165, 1.54) is 19.1 Å². The number of hydrogen-bond acceptors (Lipinski definition) is 5. The van der Waals surface area contributed by atoms with Gasteiger partial charge in [0, 0.05) is 5.02 Å². The van der Waals surface area contributed by atoms with Crippen LogP contribution in [-0.4, -0.2) is 30.3 Å². The van der Waals surface area contributed by atoms with Crippen molar-refractivity contribution in [1.82, 2.24) is 5.32 Å². The van der Waals surface area contributed by atoms with Crippen LogP contribution < -0.4 is 11.1 Å². The van der Waals surface area contributed by atoms with Crippen LogP contribution in [0.15, 0.2) is 42.5 Å². The lowest BCUT2D eigenvalue weighted by molar-refractivity contribution is -0.128. The standard InChI is InChI=1S/C19H18Cl2N2O4/c1-11(24)16(7-12-5-3-2-4-6-12)23-17(25)10-27-19(26)14-8-13(20)9-15(21)18(14)22/h2-6,8-9,16H,7,10,22H2,1H3,(H,23,25)/t16-/m0/s1. The van der Waals surface area contributed by atoms with E-state index in [1.54, 1.807) is 0 Å². The second-order valence-electron chi connectivity index (χ2n) is 5.85. The fourth-order valence-electron chi connectivity index (χ4n) is 2.34. The molecule has 0 aromatic heterocycles. The Bertz CT molecular complexity index is 856. The topological polar surface area (TPSA) is 98.5 Å².